The summed E-state index contributed by atoms with van der Waals surface area (Å²) in [5, 5.41) is 1.88. The highest BCUT2D eigenvalue weighted by Gasteiger charge is 2.16. The molecule has 0 radical (unpaired) electrons. The third kappa shape index (κ3) is 3.00. The van der Waals surface area contributed by atoms with Gasteiger partial charge in [0, 0.05) is 30.6 Å². The molecule has 0 aliphatic carbocycles. The van der Waals surface area contributed by atoms with Crippen LogP contribution in [-0.2, 0) is 7.05 Å². The number of pyridine rings is 1. The average molecular weight is 333 g/mol. The Labute approximate surface area is 137 Å². The second kappa shape index (κ2) is 6.68. The van der Waals surface area contributed by atoms with E-state index in [1.54, 1.807) is 29.0 Å². The van der Waals surface area contributed by atoms with Crippen LogP contribution < -0.4 is 0 Å². The zero-order valence-corrected chi connectivity index (χ0v) is 13.4. The van der Waals surface area contributed by atoms with Gasteiger partial charge in [-0.2, -0.15) is 0 Å². The lowest BCUT2D eigenvalue weighted by Crippen LogP contribution is -2.04. The van der Waals surface area contributed by atoms with Crippen LogP contribution in [0.5, 0.6) is 0 Å². The molecular weight excluding hydrogens is 320 g/mol. The molecule has 0 fully saturated rings. The maximum Gasteiger partial charge on any atom is 0.219 e. The van der Waals surface area contributed by atoms with E-state index >= 15 is 0 Å². The van der Waals surface area contributed by atoms with Crippen LogP contribution in [0, 0.1) is 0 Å². The van der Waals surface area contributed by atoms with E-state index in [4.69, 9.17) is 0 Å². The number of aromatic nitrogens is 2. The minimum absolute atomic E-state index is 0. The molecule has 0 aliphatic heterocycles. The quantitative estimate of drug-likeness (QED) is 0.541. The first-order valence-electron chi connectivity index (χ1n) is 6.35. The highest BCUT2D eigenvalue weighted by atomic mass is 35.5. The fourth-order valence-corrected chi connectivity index (χ4v) is 2.81. The molecule has 4 nitrogen and oxygen atoms in total. The van der Waals surface area contributed by atoms with Crippen LogP contribution in [0.1, 0.15) is 25.7 Å². The first-order valence-corrected chi connectivity index (χ1v) is 7.23. The first kappa shape index (κ1) is 16.1. The normalized spacial score (nSPS) is 10.0. The van der Waals surface area contributed by atoms with Crippen molar-refractivity contribution in [1.29, 1.82) is 0 Å². The van der Waals surface area contributed by atoms with E-state index in [0.29, 0.717) is 21.8 Å². The molecule has 0 bridgehead atoms. The SMILES string of the molecule is Cl.Cn1cc(-c2cc(C=O)ccn2)cc1C(=O)c1cccs1. The average Bonchev–Trinajstić information content (AvgIpc) is 3.16. The van der Waals surface area contributed by atoms with Crippen LogP contribution in [0.3, 0.4) is 0 Å². The van der Waals surface area contributed by atoms with Crippen molar-refractivity contribution in [2.24, 2.45) is 7.05 Å². The molecule has 0 spiro atoms. The molecule has 0 N–H and O–H groups in total. The third-order valence-electron chi connectivity index (χ3n) is 3.20. The third-order valence-corrected chi connectivity index (χ3v) is 4.07. The molecule has 3 heterocycles. The van der Waals surface area contributed by atoms with Crippen molar-refractivity contribution < 1.29 is 9.59 Å². The largest absolute Gasteiger partial charge is 0.347 e. The zero-order valence-electron chi connectivity index (χ0n) is 11.7. The van der Waals surface area contributed by atoms with Crippen LogP contribution in [-0.4, -0.2) is 21.6 Å². The van der Waals surface area contributed by atoms with Gasteiger partial charge in [0.05, 0.1) is 16.3 Å². The second-order valence-electron chi connectivity index (χ2n) is 4.62. The van der Waals surface area contributed by atoms with Gasteiger partial charge in [-0.05, 0) is 29.6 Å². The van der Waals surface area contributed by atoms with E-state index in [0.717, 1.165) is 11.8 Å². The van der Waals surface area contributed by atoms with Crippen molar-refractivity contribution in [1.82, 2.24) is 9.55 Å². The molecule has 0 aromatic carbocycles. The molecule has 3 aromatic heterocycles. The van der Waals surface area contributed by atoms with Crippen molar-refractivity contribution in [2.75, 3.05) is 0 Å². The summed E-state index contributed by atoms with van der Waals surface area (Å²) < 4.78 is 1.78. The molecule has 0 unspecified atom stereocenters. The van der Waals surface area contributed by atoms with Crippen molar-refractivity contribution in [2.45, 2.75) is 0 Å². The predicted octanol–water partition coefficient (Wildman–Crippen LogP) is 3.61. The second-order valence-corrected chi connectivity index (χ2v) is 5.57. The summed E-state index contributed by atoms with van der Waals surface area (Å²) in [6.07, 6.45) is 4.22. The Balaban J connectivity index is 0.00000176. The first-order chi connectivity index (χ1) is 10.2. The number of hydrogen-bond acceptors (Lipinski definition) is 4. The Morgan fingerprint density at radius 3 is 2.82 bits per heavy atom. The Morgan fingerprint density at radius 1 is 1.32 bits per heavy atom. The molecule has 0 aliphatic rings. The molecule has 6 heteroatoms. The van der Waals surface area contributed by atoms with E-state index in [1.807, 2.05) is 30.8 Å². The van der Waals surface area contributed by atoms with Gasteiger partial charge in [0.25, 0.3) is 0 Å². The summed E-state index contributed by atoms with van der Waals surface area (Å²) in [6, 6.07) is 8.83. The van der Waals surface area contributed by atoms with E-state index in [-0.39, 0.29) is 18.2 Å². The van der Waals surface area contributed by atoms with Gasteiger partial charge in [-0.3, -0.25) is 14.6 Å². The van der Waals surface area contributed by atoms with Gasteiger partial charge in [0.2, 0.25) is 5.78 Å². The highest BCUT2D eigenvalue weighted by Crippen LogP contribution is 2.23. The van der Waals surface area contributed by atoms with Gasteiger partial charge in [0.1, 0.15) is 6.29 Å². The number of nitrogens with zero attached hydrogens (tertiary/aromatic N) is 2. The minimum Gasteiger partial charge on any atom is -0.347 e. The molecule has 0 atom stereocenters. The van der Waals surface area contributed by atoms with E-state index in [9.17, 15) is 9.59 Å². The van der Waals surface area contributed by atoms with Crippen molar-refractivity contribution in [3.63, 3.8) is 0 Å². The summed E-state index contributed by atoms with van der Waals surface area (Å²) >= 11 is 1.42. The van der Waals surface area contributed by atoms with Crippen LogP contribution in [0.15, 0.2) is 48.1 Å². The van der Waals surface area contributed by atoms with Gasteiger partial charge in [0.15, 0.2) is 0 Å². The number of carbonyl (C=O) groups excluding carboxylic acids is 2. The number of rotatable bonds is 4. The smallest absolute Gasteiger partial charge is 0.219 e. The van der Waals surface area contributed by atoms with Crippen LogP contribution in [0.2, 0.25) is 0 Å². The minimum atomic E-state index is -0.00899. The monoisotopic (exact) mass is 332 g/mol. The standard InChI is InChI=1S/C16H12N2O2S.ClH/c1-18-9-12(13-7-11(10-19)4-5-17-13)8-14(18)16(20)15-3-2-6-21-15;/h2-10H,1H3;1H. The molecule has 0 amide bonds. The molecular formula is C16H13ClN2O2S. The summed E-state index contributed by atoms with van der Waals surface area (Å²) in [5.41, 5.74) is 2.67. The van der Waals surface area contributed by atoms with E-state index in [2.05, 4.69) is 4.98 Å². The predicted molar refractivity (Wildman–Crippen MR) is 89.0 cm³/mol. The summed E-state index contributed by atoms with van der Waals surface area (Å²) in [7, 11) is 1.83. The fourth-order valence-electron chi connectivity index (χ4n) is 2.14. The van der Waals surface area contributed by atoms with Gasteiger partial charge >= 0.3 is 0 Å². The van der Waals surface area contributed by atoms with Gasteiger partial charge in [-0.25, -0.2) is 0 Å². The number of aryl methyl sites for hydroxylation is 1. The number of thiophene rings is 1. The van der Waals surface area contributed by atoms with Crippen LogP contribution in [0.4, 0.5) is 0 Å². The fraction of sp³-hybridized carbons (Fsp3) is 0.0625. The summed E-state index contributed by atoms with van der Waals surface area (Å²) in [6.45, 7) is 0. The molecule has 22 heavy (non-hydrogen) atoms. The number of ketones is 1. The Morgan fingerprint density at radius 2 is 2.14 bits per heavy atom. The van der Waals surface area contributed by atoms with Crippen molar-refractivity contribution >= 4 is 35.8 Å². The number of halogens is 1. The lowest BCUT2D eigenvalue weighted by atomic mass is 10.1. The Kier molecular flexibility index (Phi) is 4.90. The van der Waals surface area contributed by atoms with E-state index < -0.39 is 0 Å². The number of hydrogen-bond donors (Lipinski definition) is 0. The van der Waals surface area contributed by atoms with E-state index in [1.165, 1.54) is 11.3 Å². The zero-order chi connectivity index (χ0) is 14.8. The summed E-state index contributed by atoms with van der Waals surface area (Å²) in [4.78, 5) is 28.2. The molecule has 0 saturated heterocycles. The molecule has 0 saturated carbocycles. The topological polar surface area (TPSA) is 52.0 Å². The molecule has 3 aromatic rings. The Hall–Kier alpha value is -2.24. The van der Waals surface area contributed by atoms with Gasteiger partial charge in [-0.15, -0.1) is 23.7 Å². The lowest BCUT2D eigenvalue weighted by Gasteiger charge is -1.98. The van der Waals surface area contributed by atoms with Crippen molar-refractivity contribution in [3.8, 4) is 11.3 Å². The number of aldehydes is 1. The summed E-state index contributed by atoms with van der Waals surface area (Å²) in [5.74, 6) is -0.00899. The van der Waals surface area contributed by atoms with Gasteiger partial charge < -0.3 is 4.57 Å². The van der Waals surface area contributed by atoms with Crippen LogP contribution in [0.25, 0.3) is 11.3 Å². The molecule has 3 rings (SSSR count). The van der Waals surface area contributed by atoms with Crippen molar-refractivity contribution in [3.05, 3.63) is 64.2 Å². The highest BCUT2D eigenvalue weighted by molar-refractivity contribution is 7.12. The maximum absolute atomic E-state index is 12.4. The number of carbonyl (C=O) groups is 2. The Bertz CT molecular complexity index is 809. The maximum atomic E-state index is 12.4. The van der Waals surface area contributed by atoms with Gasteiger partial charge in [-0.1, -0.05) is 6.07 Å². The molecule has 112 valence electrons. The lowest BCUT2D eigenvalue weighted by molar-refractivity contribution is 0.103. The van der Waals surface area contributed by atoms with Crippen LogP contribution >= 0.6 is 23.7 Å².